The molecule has 0 saturated heterocycles. The van der Waals surface area contributed by atoms with Crippen LogP contribution in [0.15, 0.2) is 11.0 Å². The van der Waals surface area contributed by atoms with Crippen molar-refractivity contribution in [3.05, 3.63) is 17.4 Å². The average Bonchev–Trinajstić information content (AvgIpc) is 2.58. The highest BCUT2D eigenvalue weighted by molar-refractivity contribution is 7.85. The normalized spacial score (nSPS) is 14.9. The van der Waals surface area contributed by atoms with Crippen molar-refractivity contribution in [2.75, 3.05) is 6.79 Å². The zero-order chi connectivity index (χ0) is 13.7. The zero-order valence-corrected chi connectivity index (χ0v) is 9.10. The van der Waals surface area contributed by atoms with Crippen LogP contribution in [0, 0.1) is 5.82 Å². The Hall–Kier alpha value is -1.55. The van der Waals surface area contributed by atoms with E-state index in [9.17, 15) is 26.0 Å². The molecule has 0 radical (unpaired) electrons. The van der Waals surface area contributed by atoms with Crippen LogP contribution in [-0.2, 0) is 16.3 Å². The van der Waals surface area contributed by atoms with Crippen molar-refractivity contribution in [3.63, 3.8) is 0 Å². The lowest BCUT2D eigenvalue weighted by Crippen LogP contribution is -2.15. The first kappa shape index (κ1) is 12.9. The van der Waals surface area contributed by atoms with E-state index in [4.69, 9.17) is 4.55 Å². The fourth-order valence-electron chi connectivity index (χ4n) is 1.50. The number of hydrogen-bond donors (Lipinski definition) is 1. The van der Waals surface area contributed by atoms with Gasteiger partial charge in [-0.1, -0.05) is 0 Å². The summed E-state index contributed by atoms with van der Waals surface area (Å²) in [5.41, 5.74) is -1.92. The van der Waals surface area contributed by atoms with E-state index in [2.05, 4.69) is 9.47 Å². The fourth-order valence-corrected chi connectivity index (χ4v) is 2.28. The lowest BCUT2D eigenvalue weighted by atomic mass is 10.1. The molecule has 1 N–H and O–H groups in total. The summed E-state index contributed by atoms with van der Waals surface area (Å²) < 4.78 is 90.9. The number of fused-ring (bicyclic) bond motifs is 1. The van der Waals surface area contributed by atoms with Gasteiger partial charge in [0.15, 0.2) is 11.5 Å². The minimum atomic E-state index is -5.40. The molecule has 0 fully saturated rings. The third kappa shape index (κ3) is 1.97. The summed E-state index contributed by atoms with van der Waals surface area (Å²) in [6.45, 7) is -0.604. The number of rotatable bonds is 1. The van der Waals surface area contributed by atoms with E-state index in [-0.39, 0.29) is 0 Å². The molecule has 18 heavy (non-hydrogen) atoms. The van der Waals surface area contributed by atoms with Crippen molar-refractivity contribution in [1.82, 2.24) is 0 Å². The van der Waals surface area contributed by atoms with Crippen LogP contribution in [0.25, 0.3) is 0 Å². The highest BCUT2D eigenvalue weighted by Gasteiger charge is 2.45. The molecule has 100 valence electrons. The Morgan fingerprint density at radius 2 is 1.89 bits per heavy atom. The number of hydrogen-bond acceptors (Lipinski definition) is 4. The topological polar surface area (TPSA) is 72.8 Å². The maximum absolute atomic E-state index is 13.4. The van der Waals surface area contributed by atoms with Gasteiger partial charge < -0.3 is 9.47 Å². The molecule has 0 amide bonds. The van der Waals surface area contributed by atoms with Crippen LogP contribution in [0.5, 0.6) is 11.5 Å². The smallest absolute Gasteiger partial charge is 0.421 e. The SMILES string of the molecule is O=S(=O)(O)c1c(F)cc2c(c1C(F)(F)F)OCO2. The number of ether oxygens (including phenoxy) is 2. The second kappa shape index (κ2) is 3.72. The maximum atomic E-state index is 13.4. The zero-order valence-electron chi connectivity index (χ0n) is 8.28. The van der Waals surface area contributed by atoms with Crippen molar-refractivity contribution in [1.29, 1.82) is 0 Å². The highest BCUT2D eigenvalue weighted by Crippen LogP contribution is 2.48. The molecule has 0 saturated carbocycles. The number of alkyl halides is 3. The Morgan fingerprint density at radius 3 is 2.39 bits per heavy atom. The van der Waals surface area contributed by atoms with E-state index in [1.165, 1.54) is 0 Å². The molecule has 1 aliphatic heterocycles. The minimum absolute atomic E-state index is 0.403. The molecule has 10 heteroatoms. The van der Waals surface area contributed by atoms with E-state index in [1.54, 1.807) is 0 Å². The predicted octanol–water partition coefficient (Wildman–Crippen LogP) is 1.82. The van der Waals surface area contributed by atoms with Crippen LogP contribution in [0.2, 0.25) is 0 Å². The second-order valence-electron chi connectivity index (χ2n) is 3.27. The minimum Gasteiger partial charge on any atom is -0.453 e. The molecule has 2 rings (SSSR count). The van der Waals surface area contributed by atoms with E-state index < -0.39 is 50.9 Å². The van der Waals surface area contributed by atoms with Gasteiger partial charge in [-0.15, -0.1) is 0 Å². The monoisotopic (exact) mass is 288 g/mol. The van der Waals surface area contributed by atoms with Gasteiger partial charge in [0.05, 0.1) is 0 Å². The van der Waals surface area contributed by atoms with Crippen molar-refractivity contribution in [2.45, 2.75) is 11.1 Å². The second-order valence-corrected chi connectivity index (χ2v) is 4.63. The summed E-state index contributed by atoms with van der Waals surface area (Å²) in [6.07, 6.45) is -5.23. The first-order chi connectivity index (χ1) is 8.12. The van der Waals surface area contributed by atoms with Crippen LogP contribution in [-0.4, -0.2) is 19.8 Å². The Balaban J connectivity index is 2.90. The molecule has 0 aliphatic carbocycles. The van der Waals surface area contributed by atoms with E-state index in [0.717, 1.165) is 0 Å². The third-order valence-corrected chi connectivity index (χ3v) is 3.03. The van der Waals surface area contributed by atoms with Crippen molar-refractivity contribution >= 4 is 10.1 Å². The Morgan fingerprint density at radius 1 is 1.28 bits per heavy atom. The summed E-state index contributed by atoms with van der Waals surface area (Å²) in [4.78, 5) is -1.88. The summed E-state index contributed by atoms with van der Waals surface area (Å²) >= 11 is 0. The number of benzene rings is 1. The van der Waals surface area contributed by atoms with Crippen molar-refractivity contribution < 1.29 is 40.0 Å². The molecule has 0 bridgehead atoms. The molecule has 1 aliphatic rings. The fraction of sp³-hybridized carbons (Fsp3) is 0.250. The van der Waals surface area contributed by atoms with E-state index in [0.29, 0.717) is 6.07 Å². The van der Waals surface area contributed by atoms with Crippen LogP contribution in [0.4, 0.5) is 17.6 Å². The van der Waals surface area contributed by atoms with Crippen LogP contribution in [0.1, 0.15) is 5.56 Å². The molecule has 5 nitrogen and oxygen atoms in total. The third-order valence-electron chi connectivity index (χ3n) is 2.11. The summed E-state index contributed by atoms with van der Waals surface area (Å²) in [7, 11) is -5.40. The molecular weight excluding hydrogens is 284 g/mol. The van der Waals surface area contributed by atoms with Crippen molar-refractivity contribution in [2.24, 2.45) is 0 Å². The Bertz CT molecular complexity index is 607. The molecule has 0 aromatic heterocycles. The first-order valence-electron chi connectivity index (χ1n) is 4.29. The van der Waals surface area contributed by atoms with Gasteiger partial charge in [-0.05, 0) is 0 Å². The maximum Gasteiger partial charge on any atom is 0.421 e. The average molecular weight is 288 g/mol. The van der Waals surface area contributed by atoms with Gasteiger partial charge in [0.1, 0.15) is 16.3 Å². The van der Waals surface area contributed by atoms with Crippen LogP contribution < -0.4 is 9.47 Å². The van der Waals surface area contributed by atoms with Gasteiger partial charge >= 0.3 is 6.18 Å². The quantitative estimate of drug-likeness (QED) is 0.630. The molecule has 1 aromatic rings. The lowest BCUT2D eigenvalue weighted by molar-refractivity contribution is -0.141. The van der Waals surface area contributed by atoms with Crippen LogP contribution >= 0.6 is 0 Å². The summed E-state index contributed by atoms with van der Waals surface area (Å²) in [6, 6.07) is 0.403. The largest absolute Gasteiger partial charge is 0.453 e. The van der Waals surface area contributed by atoms with Gasteiger partial charge in [0.25, 0.3) is 10.1 Å². The van der Waals surface area contributed by atoms with Gasteiger partial charge in [-0.25, -0.2) is 4.39 Å². The highest BCUT2D eigenvalue weighted by atomic mass is 32.2. The molecule has 1 aromatic carbocycles. The predicted molar refractivity (Wildman–Crippen MR) is 47.3 cm³/mol. The van der Waals surface area contributed by atoms with E-state index in [1.807, 2.05) is 0 Å². The van der Waals surface area contributed by atoms with Gasteiger partial charge in [-0.3, -0.25) is 4.55 Å². The number of halogens is 4. The van der Waals surface area contributed by atoms with Crippen molar-refractivity contribution in [3.8, 4) is 11.5 Å². The molecular formula is C8H4F4O5S. The standard InChI is InChI=1S/C8H4F4O5S/c9-3-1-4-6(17-2-16-4)5(8(10,11)12)7(3)18(13,14)15/h1H,2H2,(H,13,14,15). The van der Waals surface area contributed by atoms with Crippen LogP contribution in [0.3, 0.4) is 0 Å². The van der Waals surface area contributed by atoms with E-state index >= 15 is 0 Å². The van der Waals surface area contributed by atoms with Gasteiger partial charge in [0, 0.05) is 6.07 Å². The lowest BCUT2D eigenvalue weighted by Gasteiger charge is -2.13. The van der Waals surface area contributed by atoms with Gasteiger partial charge in [0.2, 0.25) is 6.79 Å². The first-order valence-corrected chi connectivity index (χ1v) is 5.73. The molecule has 0 spiro atoms. The molecule has 0 unspecified atom stereocenters. The summed E-state index contributed by atoms with van der Waals surface area (Å²) in [5, 5.41) is 0. The van der Waals surface area contributed by atoms with Gasteiger partial charge in [-0.2, -0.15) is 21.6 Å². The molecule has 0 atom stereocenters. The summed E-state index contributed by atoms with van der Waals surface area (Å²) in [5.74, 6) is -3.31. The Labute approximate surface area is 97.7 Å². The molecule has 1 heterocycles. The Kier molecular flexibility index (Phi) is 2.66.